The van der Waals surface area contributed by atoms with Crippen molar-refractivity contribution in [2.75, 3.05) is 7.05 Å². The lowest BCUT2D eigenvalue weighted by atomic mass is 10.0. The van der Waals surface area contributed by atoms with E-state index in [1.165, 1.54) is 17.0 Å². The fourth-order valence-electron chi connectivity index (χ4n) is 3.65. The number of carbonyl (C=O) groups is 2. The normalized spacial score (nSPS) is 11.6. The van der Waals surface area contributed by atoms with Gasteiger partial charge in [0.05, 0.1) is 6.42 Å². The number of aryl methyl sites for hydroxylation is 1. The largest absolute Gasteiger partial charge is 0.357 e. The van der Waals surface area contributed by atoms with E-state index in [1.807, 2.05) is 61.5 Å². The molecular weight excluding hydrogens is 427 g/mol. The predicted octanol–water partition coefficient (Wildman–Crippen LogP) is 4.72. The zero-order chi connectivity index (χ0) is 23.1. The molecule has 166 valence electrons. The van der Waals surface area contributed by atoms with Crippen LogP contribution in [0.15, 0.2) is 72.8 Å². The topological polar surface area (TPSA) is 49.4 Å². The molecule has 3 aromatic carbocycles. The summed E-state index contributed by atoms with van der Waals surface area (Å²) in [5.74, 6) is -1.19. The van der Waals surface area contributed by atoms with Gasteiger partial charge in [-0.1, -0.05) is 72.3 Å². The number of carbonyl (C=O) groups excluding carboxylic acids is 2. The highest BCUT2D eigenvalue weighted by atomic mass is 35.5. The van der Waals surface area contributed by atoms with E-state index < -0.39 is 11.9 Å². The van der Waals surface area contributed by atoms with E-state index in [1.54, 1.807) is 13.1 Å². The number of benzene rings is 3. The summed E-state index contributed by atoms with van der Waals surface area (Å²) in [6, 6.07) is 20.8. The smallest absolute Gasteiger partial charge is 0.242 e. The van der Waals surface area contributed by atoms with E-state index in [9.17, 15) is 14.0 Å². The van der Waals surface area contributed by atoms with Crippen LogP contribution in [0.3, 0.4) is 0 Å². The van der Waals surface area contributed by atoms with Crippen LogP contribution >= 0.6 is 11.6 Å². The zero-order valence-corrected chi connectivity index (χ0v) is 18.9. The molecule has 0 unspecified atom stereocenters. The lowest BCUT2D eigenvalue weighted by Crippen LogP contribution is -2.50. The van der Waals surface area contributed by atoms with Crippen molar-refractivity contribution < 1.29 is 14.0 Å². The van der Waals surface area contributed by atoms with Crippen molar-refractivity contribution in [1.29, 1.82) is 0 Å². The standard InChI is InChI=1S/C26H26ClFN2O2/c1-18-9-6-7-12-20(18)17-30(25(31)16-21-22(27)13-8-14-23(21)28)24(26(32)29-2)15-19-10-4-3-5-11-19/h3-14,24H,15-17H2,1-2H3,(H,29,32)/t24-/m0/s1. The Kier molecular flexibility index (Phi) is 8.01. The first-order chi connectivity index (χ1) is 15.4. The Hall–Kier alpha value is -3.18. The van der Waals surface area contributed by atoms with Crippen molar-refractivity contribution >= 4 is 23.4 Å². The Balaban J connectivity index is 1.99. The molecule has 0 bridgehead atoms. The maximum absolute atomic E-state index is 14.4. The maximum Gasteiger partial charge on any atom is 0.242 e. The molecule has 0 saturated heterocycles. The van der Waals surface area contributed by atoms with E-state index in [-0.39, 0.29) is 35.4 Å². The van der Waals surface area contributed by atoms with E-state index >= 15 is 0 Å². The Bertz CT molecular complexity index is 1070. The Morgan fingerprint density at radius 2 is 1.69 bits per heavy atom. The number of hydrogen-bond donors (Lipinski definition) is 1. The summed E-state index contributed by atoms with van der Waals surface area (Å²) in [5.41, 5.74) is 2.98. The summed E-state index contributed by atoms with van der Waals surface area (Å²) in [6.45, 7) is 2.18. The van der Waals surface area contributed by atoms with Gasteiger partial charge < -0.3 is 10.2 Å². The van der Waals surface area contributed by atoms with E-state index in [4.69, 9.17) is 11.6 Å². The van der Waals surface area contributed by atoms with Crippen LogP contribution in [0.25, 0.3) is 0 Å². The van der Waals surface area contributed by atoms with Gasteiger partial charge in [0, 0.05) is 30.6 Å². The monoisotopic (exact) mass is 452 g/mol. The molecule has 3 rings (SSSR count). The van der Waals surface area contributed by atoms with Gasteiger partial charge in [-0.2, -0.15) is 0 Å². The second-order valence-corrected chi connectivity index (χ2v) is 8.05. The van der Waals surface area contributed by atoms with Gasteiger partial charge in [-0.3, -0.25) is 9.59 Å². The first kappa shape index (κ1) is 23.5. The molecule has 0 fully saturated rings. The lowest BCUT2D eigenvalue weighted by molar-refractivity contribution is -0.140. The lowest BCUT2D eigenvalue weighted by Gasteiger charge is -2.32. The number of amides is 2. The summed E-state index contributed by atoms with van der Waals surface area (Å²) in [5, 5.41) is 2.86. The first-order valence-corrected chi connectivity index (χ1v) is 10.8. The van der Waals surface area contributed by atoms with Gasteiger partial charge in [-0.15, -0.1) is 0 Å². The van der Waals surface area contributed by atoms with Gasteiger partial charge in [-0.25, -0.2) is 4.39 Å². The third-order valence-electron chi connectivity index (χ3n) is 5.51. The third kappa shape index (κ3) is 5.74. The van der Waals surface area contributed by atoms with Crippen LogP contribution in [-0.2, 0) is 29.0 Å². The molecule has 0 saturated carbocycles. The van der Waals surface area contributed by atoms with Crippen LogP contribution in [0.5, 0.6) is 0 Å². The molecule has 3 aromatic rings. The Morgan fingerprint density at radius 3 is 2.34 bits per heavy atom. The summed E-state index contributed by atoms with van der Waals surface area (Å²) in [4.78, 5) is 27.9. The quantitative estimate of drug-likeness (QED) is 0.537. The number of rotatable bonds is 8. The highest BCUT2D eigenvalue weighted by molar-refractivity contribution is 6.31. The molecule has 0 aliphatic rings. The SMILES string of the molecule is CNC(=O)[C@H](Cc1ccccc1)N(Cc1ccccc1C)C(=O)Cc1c(F)cccc1Cl. The van der Waals surface area contributed by atoms with Crippen molar-refractivity contribution in [1.82, 2.24) is 10.2 Å². The molecule has 4 nitrogen and oxygen atoms in total. The van der Waals surface area contributed by atoms with Crippen molar-refractivity contribution in [3.8, 4) is 0 Å². The molecule has 0 spiro atoms. The Labute approximate surface area is 193 Å². The number of hydrogen-bond acceptors (Lipinski definition) is 2. The molecule has 2 amide bonds. The fourth-order valence-corrected chi connectivity index (χ4v) is 3.88. The van der Waals surface area contributed by atoms with Crippen molar-refractivity contribution in [2.45, 2.75) is 32.4 Å². The maximum atomic E-state index is 14.4. The van der Waals surface area contributed by atoms with E-state index in [0.29, 0.717) is 6.42 Å². The second-order valence-electron chi connectivity index (χ2n) is 7.64. The second kappa shape index (κ2) is 10.9. The fraction of sp³-hybridized carbons (Fsp3) is 0.231. The summed E-state index contributed by atoms with van der Waals surface area (Å²) in [6.07, 6.45) is 0.100. The van der Waals surface area contributed by atoms with Crippen LogP contribution in [0.2, 0.25) is 5.02 Å². The van der Waals surface area contributed by atoms with Crippen molar-refractivity contribution in [3.05, 3.63) is 106 Å². The summed E-state index contributed by atoms with van der Waals surface area (Å²) in [7, 11) is 1.55. The van der Waals surface area contributed by atoms with Crippen LogP contribution in [0.1, 0.15) is 22.3 Å². The van der Waals surface area contributed by atoms with Gasteiger partial charge in [0.2, 0.25) is 11.8 Å². The van der Waals surface area contributed by atoms with E-state index in [0.717, 1.165) is 16.7 Å². The van der Waals surface area contributed by atoms with Crippen LogP contribution in [0.4, 0.5) is 4.39 Å². The molecule has 1 atom stereocenters. The molecule has 0 aliphatic carbocycles. The molecule has 0 heterocycles. The molecule has 0 aliphatic heterocycles. The molecule has 32 heavy (non-hydrogen) atoms. The van der Waals surface area contributed by atoms with Gasteiger partial charge in [0.25, 0.3) is 0 Å². The zero-order valence-electron chi connectivity index (χ0n) is 18.1. The van der Waals surface area contributed by atoms with Crippen LogP contribution < -0.4 is 5.32 Å². The average Bonchev–Trinajstić information content (AvgIpc) is 2.80. The minimum atomic E-state index is -0.764. The molecular formula is C26H26ClFN2O2. The number of nitrogens with zero attached hydrogens (tertiary/aromatic N) is 1. The number of halogens is 2. The summed E-state index contributed by atoms with van der Waals surface area (Å²) < 4.78 is 14.4. The third-order valence-corrected chi connectivity index (χ3v) is 5.86. The van der Waals surface area contributed by atoms with E-state index in [2.05, 4.69) is 5.32 Å². The molecule has 0 radical (unpaired) electrons. The summed E-state index contributed by atoms with van der Waals surface area (Å²) >= 11 is 6.17. The molecule has 6 heteroatoms. The highest BCUT2D eigenvalue weighted by Gasteiger charge is 2.30. The molecule has 1 N–H and O–H groups in total. The number of nitrogens with one attached hydrogen (secondary N) is 1. The van der Waals surface area contributed by atoms with Gasteiger partial charge in [0.1, 0.15) is 11.9 Å². The minimum Gasteiger partial charge on any atom is -0.357 e. The first-order valence-electron chi connectivity index (χ1n) is 10.4. The minimum absolute atomic E-state index is 0.129. The average molecular weight is 453 g/mol. The number of likely N-dealkylation sites (N-methyl/N-ethyl adjacent to an activating group) is 1. The van der Waals surface area contributed by atoms with Crippen LogP contribution in [0, 0.1) is 12.7 Å². The van der Waals surface area contributed by atoms with Crippen molar-refractivity contribution in [2.24, 2.45) is 0 Å². The van der Waals surface area contributed by atoms with Crippen LogP contribution in [-0.4, -0.2) is 29.8 Å². The van der Waals surface area contributed by atoms with Gasteiger partial charge in [-0.05, 0) is 35.7 Å². The van der Waals surface area contributed by atoms with Crippen molar-refractivity contribution in [3.63, 3.8) is 0 Å². The van der Waals surface area contributed by atoms with Gasteiger partial charge in [0.15, 0.2) is 0 Å². The van der Waals surface area contributed by atoms with Gasteiger partial charge >= 0.3 is 0 Å². The molecule has 0 aromatic heterocycles. The highest BCUT2D eigenvalue weighted by Crippen LogP contribution is 2.23. The Morgan fingerprint density at radius 1 is 1.00 bits per heavy atom. The predicted molar refractivity (Wildman–Crippen MR) is 125 cm³/mol.